The Kier molecular flexibility index (Phi) is 4.34. The van der Waals surface area contributed by atoms with E-state index in [1.54, 1.807) is 12.3 Å². The number of rotatable bonds is 5. The molecule has 100 valence electrons. The van der Waals surface area contributed by atoms with Crippen LogP contribution >= 0.6 is 0 Å². The first-order valence-corrected chi connectivity index (χ1v) is 6.34. The van der Waals surface area contributed by atoms with E-state index >= 15 is 0 Å². The summed E-state index contributed by atoms with van der Waals surface area (Å²) in [5.41, 5.74) is 2.00. The van der Waals surface area contributed by atoms with Gasteiger partial charge in [-0.3, -0.25) is 0 Å². The molecule has 0 amide bonds. The van der Waals surface area contributed by atoms with Gasteiger partial charge in [0.1, 0.15) is 11.6 Å². The predicted octanol–water partition coefficient (Wildman–Crippen LogP) is 3.29. The number of aromatic nitrogens is 1. The highest BCUT2D eigenvalue weighted by molar-refractivity contribution is 5.47. The fourth-order valence-corrected chi connectivity index (χ4v) is 1.93. The molecule has 2 rings (SSSR count). The normalized spacial score (nSPS) is 10.3. The van der Waals surface area contributed by atoms with Crippen LogP contribution in [-0.4, -0.2) is 18.6 Å². The number of anilines is 2. The summed E-state index contributed by atoms with van der Waals surface area (Å²) in [5, 5.41) is 3.18. The summed E-state index contributed by atoms with van der Waals surface area (Å²) in [5.74, 6) is 0.653. The highest BCUT2D eigenvalue weighted by Gasteiger charge is 2.04. The lowest BCUT2D eigenvalue weighted by Crippen LogP contribution is -2.16. The third kappa shape index (κ3) is 3.68. The fourth-order valence-electron chi connectivity index (χ4n) is 1.93. The zero-order valence-corrected chi connectivity index (χ0v) is 11.2. The molecule has 0 spiro atoms. The molecule has 4 heteroatoms. The first-order chi connectivity index (χ1) is 9.19. The summed E-state index contributed by atoms with van der Waals surface area (Å²) in [6.07, 6.45) is 1.78. The van der Waals surface area contributed by atoms with E-state index in [9.17, 15) is 4.39 Å². The second-order valence-electron chi connectivity index (χ2n) is 4.42. The molecule has 0 radical (unpaired) electrons. The second-order valence-corrected chi connectivity index (χ2v) is 4.42. The van der Waals surface area contributed by atoms with Crippen LogP contribution in [-0.2, 0) is 6.54 Å². The zero-order valence-electron chi connectivity index (χ0n) is 11.2. The van der Waals surface area contributed by atoms with Crippen LogP contribution in [0.15, 0.2) is 42.6 Å². The van der Waals surface area contributed by atoms with E-state index in [0.717, 1.165) is 23.6 Å². The van der Waals surface area contributed by atoms with E-state index < -0.39 is 0 Å². The lowest BCUT2D eigenvalue weighted by molar-refractivity contribution is 0.627. The number of nitrogens with zero attached hydrogens (tertiary/aromatic N) is 2. The third-order valence-electron chi connectivity index (χ3n) is 2.85. The summed E-state index contributed by atoms with van der Waals surface area (Å²) in [6.45, 7) is 3.59. The van der Waals surface area contributed by atoms with Gasteiger partial charge in [-0.15, -0.1) is 0 Å². The first kappa shape index (κ1) is 13.3. The minimum Gasteiger partial charge on any atom is -0.370 e. The van der Waals surface area contributed by atoms with Crippen molar-refractivity contribution < 1.29 is 4.39 Å². The number of pyridine rings is 1. The summed E-state index contributed by atoms with van der Waals surface area (Å²) in [4.78, 5) is 6.24. The molecule has 0 saturated heterocycles. The highest BCUT2D eigenvalue weighted by atomic mass is 19.1. The maximum atomic E-state index is 13.2. The van der Waals surface area contributed by atoms with E-state index in [4.69, 9.17) is 0 Å². The van der Waals surface area contributed by atoms with Crippen molar-refractivity contribution >= 4 is 11.5 Å². The number of halogens is 1. The van der Waals surface area contributed by atoms with Gasteiger partial charge in [0.05, 0.1) is 0 Å². The van der Waals surface area contributed by atoms with Crippen LogP contribution < -0.4 is 10.2 Å². The molecule has 0 bridgehead atoms. The minimum absolute atomic E-state index is 0.215. The van der Waals surface area contributed by atoms with Crippen molar-refractivity contribution in [1.82, 2.24) is 4.98 Å². The van der Waals surface area contributed by atoms with Crippen molar-refractivity contribution in [3.05, 3.63) is 54.0 Å². The minimum atomic E-state index is -0.215. The van der Waals surface area contributed by atoms with Crippen molar-refractivity contribution in [2.45, 2.75) is 13.5 Å². The molecular weight excluding hydrogens is 241 g/mol. The summed E-state index contributed by atoms with van der Waals surface area (Å²) in [6, 6.07) is 10.6. The Morgan fingerprint density at radius 2 is 2.11 bits per heavy atom. The largest absolute Gasteiger partial charge is 0.370 e. The van der Waals surface area contributed by atoms with Crippen molar-refractivity contribution in [1.29, 1.82) is 0 Å². The molecule has 1 N–H and O–H groups in total. The Balaban J connectivity index is 2.10. The lowest BCUT2D eigenvalue weighted by atomic mass is 10.2. The van der Waals surface area contributed by atoms with Crippen molar-refractivity contribution in [3.63, 3.8) is 0 Å². The molecule has 0 aliphatic rings. The Bertz CT molecular complexity index is 542. The van der Waals surface area contributed by atoms with Gasteiger partial charge in [0.15, 0.2) is 0 Å². The van der Waals surface area contributed by atoms with Crippen LogP contribution in [0, 0.1) is 5.82 Å². The fraction of sp³-hybridized carbons (Fsp3) is 0.267. The van der Waals surface area contributed by atoms with E-state index in [1.165, 1.54) is 12.1 Å². The van der Waals surface area contributed by atoms with Gasteiger partial charge in [0.25, 0.3) is 0 Å². The van der Waals surface area contributed by atoms with Gasteiger partial charge in [-0.25, -0.2) is 9.37 Å². The maximum Gasteiger partial charge on any atom is 0.126 e. The van der Waals surface area contributed by atoms with Gasteiger partial charge in [-0.05, 0) is 42.8 Å². The molecule has 2 aromatic rings. The molecule has 1 heterocycles. The number of nitrogens with one attached hydrogen (secondary N) is 1. The quantitative estimate of drug-likeness (QED) is 0.893. The standard InChI is InChI=1S/C15H18FN3/c1-3-17-15-9-12(7-8-18-15)11-19(2)14-6-4-5-13(16)10-14/h4-10H,3,11H2,1-2H3,(H,17,18). The van der Waals surface area contributed by atoms with Crippen LogP contribution in [0.25, 0.3) is 0 Å². The number of benzene rings is 1. The lowest BCUT2D eigenvalue weighted by Gasteiger charge is -2.19. The van der Waals surface area contributed by atoms with Crippen molar-refractivity contribution in [2.75, 3.05) is 23.8 Å². The van der Waals surface area contributed by atoms with Gasteiger partial charge in [0, 0.05) is 32.0 Å². The Labute approximate surface area is 113 Å². The van der Waals surface area contributed by atoms with E-state index in [1.807, 2.05) is 37.1 Å². The molecule has 0 aliphatic carbocycles. The molecular formula is C15H18FN3. The monoisotopic (exact) mass is 259 g/mol. The maximum absolute atomic E-state index is 13.2. The van der Waals surface area contributed by atoms with Crippen molar-refractivity contribution in [2.24, 2.45) is 0 Å². The average Bonchev–Trinajstić information content (AvgIpc) is 2.39. The van der Waals surface area contributed by atoms with Gasteiger partial charge < -0.3 is 10.2 Å². The zero-order chi connectivity index (χ0) is 13.7. The highest BCUT2D eigenvalue weighted by Crippen LogP contribution is 2.17. The second kappa shape index (κ2) is 6.18. The van der Waals surface area contributed by atoms with Crippen molar-refractivity contribution in [3.8, 4) is 0 Å². The van der Waals surface area contributed by atoms with Gasteiger partial charge in [-0.1, -0.05) is 6.07 Å². The van der Waals surface area contributed by atoms with Crippen LogP contribution in [0.5, 0.6) is 0 Å². The number of hydrogen-bond acceptors (Lipinski definition) is 3. The average molecular weight is 259 g/mol. The molecule has 19 heavy (non-hydrogen) atoms. The molecule has 1 aromatic carbocycles. The van der Waals surface area contributed by atoms with Crippen LogP contribution in [0.4, 0.5) is 15.9 Å². The Hall–Kier alpha value is -2.10. The molecule has 0 atom stereocenters. The molecule has 1 aromatic heterocycles. The van der Waals surface area contributed by atoms with Crippen LogP contribution in [0.3, 0.4) is 0 Å². The van der Waals surface area contributed by atoms with Gasteiger partial charge >= 0.3 is 0 Å². The molecule has 0 fully saturated rings. The van der Waals surface area contributed by atoms with E-state index in [-0.39, 0.29) is 5.82 Å². The van der Waals surface area contributed by atoms with E-state index in [0.29, 0.717) is 6.54 Å². The third-order valence-corrected chi connectivity index (χ3v) is 2.85. The Morgan fingerprint density at radius 1 is 1.26 bits per heavy atom. The molecule has 0 unspecified atom stereocenters. The molecule has 0 saturated carbocycles. The summed E-state index contributed by atoms with van der Waals surface area (Å²) < 4.78 is 13.2. The van der Waals surface area contributed by atoms with Crippen LogP contribution in [0.1, 0.15) is 12.5 Å². The molecule has 0 aliphatic heterocycles. The smallest absolute Gasteiger partial charge is 0.126 e. The van der Waals surface area contributed by atoms with Gasteiger partial charge in [-0.2, -0.15) is 0 Å². The van der Waals surface area contributed by atoms with Crippen LogP contribution in [0.2, 0.25) is 0 Å². The molecule has 3 nitrogen and oxygen atoms in total. The summed E-state index contributed by atoms with van der Waals surface area (Å²) >= 11 is 0. The topological polar surface area (TPSA) is 28.2 Å². The van der Waals surface area contributed by atoms with E-state index in [2.05, 4.69) is 10.3 Å². The van der Waals surface area contributed by atoms with Gasteiger partial charge in [0.2, 0.25) is 0 Å². The summed E-state index contributed by atoms with van der Waals surface area (Å²) in [7, 11) is 1.95. The number of hydrogen-bond donors (Lipinski definition) is 1. The predicted molar refractivity (Wildman–Crippen MR) is 76.9 cm³/mol. The Morgan fingerprint density at radius 3 is 2.84 bits per heavy atom. The first-order valence-electron chi connectivity index (χ1n) is 6.34. The SMILES string of the molecule is CCNc1cc(CN(C)c2cccc(F)c2)ccn1.